The number of rotatable bonds is 10. The van der Waals surface area contributed by atoms with Crippen LogP contribution in [-0.4, -0.2) is 80.6 Å². The normalized spacial score (nSPS) is 15.7. The number of aromatic nitrogens is 2. The van der Waals surface area contributed by atoms with Crippen LogP contribution in [-0.2, 0) is 20.8 Å². The van der Waals surface area contributed by atoms with E-state index in [0.717, 1.165) is 31.4 Å². The molecule has 1 saturated heterocycles. The van der Waals surface area contributed by atoms with Crippen LogP contribution < -0.4 is 5.32 Å². The third kappa shape index (κ3) is 6.23. The first-order valence-corrected chi connectivity index (χ1v) is 11.6. The lowest BCUT2D eigenvalue weighted by Gasteiger charge is -2.37. The SMILES string of the molecule is O=C(O)CCC(=O)Nc1ccc2c(C(C(=O)O)N3CCN(CCc4ccncc4)CC3)c[nH]c2c1. The lowest BCUT2D eigenvalue weighted by molar-refractivity contribution is -0.144. The molecule has 4 rings (SSSR count). The highest BCUT2D eigenvalue weighted by Gasteiger charge is 2.32. The van der Waals surface area contributed by atoms with E-state index in [1.54, 1.807) is 36.8 Å². The number of amides is 1. The summed E-state index contributed by atoms with van der Waals surface area (Å²) in [4.78, 5) is 46.4. The summed E-state index contributed by atoms with van der Waals surface area (Å²) in [5.74, 6) is -2.31. The third-order valence-electron chi connectivity index (χ3n) is 6.33. The molecule has 1 aliphatic rings. The highest BCUT2D eigenvalue weighted by atomic mass is 16.4. The molecule has 35 heavy (non-hydrogen) atoms. The van der Waals surface area contributed by atoms with Crippen molar-refractivity contribution in [2.24, 2.45) is 0 Å². The fourth-order valence-electron chi connectivity index (χ4n) is 4.46. The molecule has 1 atom stereocenters. The first-order valence-electron chi connectivity index (χ1n) is 11.6. The number of carboxylic acids is 2. The van der Waals surface area contributed by atoms with Gasteiger partial charge in [-0.1, -0.05) is 6.07 Å². The second-order valence-electron chi connectivity index (χ2n) is 8.67. The Labute approximate surface area is 202 Å². The van der Waals surface area contributed by atoms with Crippen molar-refractivity contribution in [2.45, 2.75) is 25.3 Å². The van der Waals surface area contributed by atoms with Gasteiger partial charge in [0.2, 0.25) is 5.91 Å². The van der Waals surface area contributed by atoms with E-state index in [4.69, 9.17) is 5.11 Å². The van der Waals surface area contributed by atoms with Gasteiger partial charge < -0.3 is 25.4 Å². The monoisotopic (exact) mass is 479 g/mol. The molecule has 10 heteroatoms. The highest BCUT2D eigenvalue weighted by molar-refractivity contribution is 5.96. The number of aliphatic carboxylic acids is 2. The average Bonchev–Trinajstić information content (AvgIpc) is 3.25. The summed E-state index contributed by atoms with van der Waals surface area (Å²) in [6.07, 6.45) is 5.89. The summed E-state index contributed by atoms with van der Waals surface area (Å²) >= 11 is 0. The van der Waals surface area contributed by atoms with Gasteiger partial charge in [-0.15, -0.1) is 0 Å². The Morgan fingerprint density at radius 2 is 1.77 bits per heavy atom. The van der Waals surface area contributed by atoms with Crippen LogP contribution in [0.2, 0.25) is 0 Å². The number of hydrogen-bond acceptors (Lipinski definition) is 6. The third-order valence-corrected chi connectivity index (χ3v) is 6.33. The number of piperazine rings is 1. The number of carbonyl (C=O) groups is 3. The number of H-pyrrole nitrogens is 1. The van der Waals surface area contributed by atoms with Crippen molar-refractivity contribution in [1.29, 1.82) is 0 Å². The molecule has 3 aromatic rings. The second-order valence-corrected chi connectivity index (χ2v) is 8.67. The minimum Gasteiger partial charge on any atom is -0.481 e. The van der Waals surface area contributed by atoms with Gasteiger partial charge in [0.1, 0.15) is 6.04 Å². The molecule has 0 spiro atoms. The maximum absolute atomic E-state index is 12.3. The fourth-order valence-corrected chi connectivity index (χ4v) is 4.46. The van der Waals surface area contributed by atoms with Crippen molar-refractivity contribution in [2.75, 3.05) is 38.0 Å². The van der Waals surface area contributed by atoms with Crippen molar-refractivity contribution >= 4 is 34.4 Å². The zero-order valence-electron chi connectivity index (χ0n) is 19.3. The van der Waals surface area contributed by atoms with Crippen molar-refractivity contribution in [1.82, 2.24) is 19.8 Å². The van der Waals surface area contributed by atoms with Gasteiger partial charge in [-0.2, -0.15) is 0 Å². The molecule has 184 valence electrons. The molecular formula is C25H29N5O5. The van der Waals surface area contributed by atoms with Gasteiger partial charge in [0, 0.05) is 79.9 Å². The zero-order valence-corrected chi connectivity index (χ0v) is 19.3. The van der Waals surface area contributed by atoms with Gasteiger partial charge in [0.15, 0.2) is 0 Å². The quantitative estimate of drug-likeness (QED) is 0.348. The van der Waals surface area contributed by atoms with Crippen molar-refractivity contribution < 1.29 is 24.6 Å². The first-order chi connectivity index (χ1) is 16.9. The summed E-state index contributed by atoms with van der Waals surface area (Å²) in [6.45, 7) is 3.81. The van der Waals surface area contributed by atoms with Crippen molar-refractivity contribution in [3.05, 3.63) is 60.0 Å². The van der Waals surface area contributed by atoms with Crippen LogP contribution >= 0.6 is 0 Å². The fraction of sp³-hybridized carbons (Fsp3) is 0.360. The number of nitrogens with zero attached hydrogens (tertiary/aromatic N) is 3. The Hall–Kier alpha value is -3.76. The Kier molecular flexibility index (Phi) is 7.74. The highest BCUT2D eigenvalue weighted by Crippen LogP contribution is 2.31. The number of carboxylic acid groups (broad SMARTS) is 2. The number of pyridine rings is 1. The van der Waals surface area contributed by atoms with E-state index in [2.05, 4.69) is 20.2 Å². The van der Waals surface area contributed by atoms with Crippen LogP contribution in [0.1, 0.15) is 30.0 Å². The number of aromatic amines is 1. The smallest absolute Gasteiger partial charge is 0.325 e. The largest absolute Gasteiger partial charge is 0.481 e. The predicted molar refractivity (Wildman–Crippen MR) is 130 cm³/mol. The lowest BCUT2D eigenvalue weighted by Crippen LogP contribution is -2.49. The maximum atomic E-state index is 12.3. The molecule has 0 radical (unpaired) electrons. The molecule has 2 aromatic heterocycles. The Morgan fingerprint density at radius 3 is 2.46 bits per heavy atom. The van der Waals surface area contributed by atoms with Crippen molar-refractivity contribution in [3.8, 4) is 0 Å². The number of fused-ring (bicyclic) bond motifs is 1. The van der Waals surface area contributed by atoms with Crippen molar-refractivity contribution in [3.63, 3.8) is 0 Å². The molecule has 1 unspecified atom stereocenters. The van der Waals surface area contributed by atoms with E-state index in [-0.39, 0.29) is 18.7 Å². The van der Waals surface area contributed by atoms with E-state index < -0.39 is 18.0 Å². The number of hydrogen-bond donors (Lipinski definition) is 4. The van der Waals surface area contributed by atoms with Crippen LogP contribution in [0.15, 0.2) is 48.9 Å². The molecule has 4 N–H and O–H groups in total. The summed E-state index contributed by atoms with van der Waals surface area (Å²) < 4.78 is 0. The summed E-state index contributed by atoms with van der Waals surface area (Å²) in [7, 11) is 0. The molecule has 10 nitrogen and oxygen atoms in total. The predicted octanol–water partition coefficient (Wildman–Crippen LogP) is 2.35. The number of nitrogens with one attached hydrogen (secondary N) is 2. The van der Waals surface area contributed by atoms with Gasteiger partial charge in [-0.05, 0) is 36.2 Å². The number of anilines is 1. The van der Waals surface area contributed by atoms with Crippen LogP contribution in [0.4, 0.5) is 5.69 Å². The zero-order chi connectivity index (χ0) is 24.8. The molecule has 1 aromatic carbocycles. The Morgan fingerprint density at radius 1 is 1.03 bits per heavy atom. The molecule has 3 heterocycles. The summed E-state index contributed by atoms with van der Waals surface area (Å²) in [6, 6.07) is 8.47. The molecule has 0 bridgehead atoms. The minimum absolute atomic E-state index is 0.112. The first kappa shape index (κ1) is 24.4. The van der Waals surface area contributed by atoms with E-state index in [0.29, 0.717) is 29.9 Å². The van der Waals surface area contributed by atoms with Gasteiger partial charge in [0.25, 0.3) is 0 Å². The van der Waals surface area contributed by atoms with Crippen LogP contribution in [0.25, 0.3) is 10.9 Å². The standard InChI is InChI=1S/C25H29N5O5/c31-22(3-4-23(32)33)28-18-1-2-19-20(16-27-21(19)15-18)24(25(34)35)30-13-11-29(12-14-30)10-7-17-5-8-26-9-6-17/h1-2,5-6,8-9,15-16,24,27H,3-4,7,10-14H2,(H,28,31)(H,32,33)(H,34,35). The second kappa shape index (κ2) is 11.1. The molecule has 1 aliphatic heterocycles. The summed E-state index contributed by atoms with van der Waals surface area (Å²) in [5.41, 5.74) is 3.15. The Balaban J connectivity index is 1.40. The van der Waals surface area contributed by atoms with Crippen LogP contribution in [0.3, 0.4) is 0 Å². The molecule has 1 amide bonds. The molecule has 1 fully saturated rings. The Bertz CT molecular complexity index is 1190. The van der Waals surface area contributed by atoms with Gasteiger partial charge >= 0.3 is 11.9 Å². The topological polar surface area (TPSA) is 139 Å². The average molecular weight is 480 g/mol. The van der Waals surface area contributed by atoms with E-state index >= 15 is 0 Å². The summed E-state index contributed by atoms with van der Waals surface area (Å²) in [5, 5.41) is 22.3. The minimum atomic E-state index is -1.03. The molecular weight excluding hydrogens is 450 g/mol. The van der Waals surface area contributed by atoms with E-state index in [1.165, 1.54) is 5.56 Å². The van der Waals surface area contributed by atoms with Gasteiger partial charge in [-0.25, -0.2) is 0 Å². The van der Waals surface area contributed by atoms with Gasteiger partial charge in [-0.3, -0.25) is 24.3 Å². The number of benzene rings is 1. The van der Waals surface area contributed by atoms with E-state index in [1.807, 2.05) is 17.0 Å². The number of carbonyl (C=O) groups excluding carboxylic acids is 1. The van der Waals surface area contributed by atoms with E-state index in [9.17, 15) is 19.5 Å². The molecule has 0 saturated carbocycles. The van der Waals surface area contributed by atoms with Gasteiger partial charge in [0.05, 0.1) is 6.42 Å². The maximum Gasteiger partial charge on any atom is 0.325 e. The van der Waals surface area contributed by atoms with Crippen LogP contribution in [0.5, 0.6) is 0 Å². The lowest BCUT2D eigenvalue weighted by atomic mass is 10.0. The molecule has 0 aliphatic carbocycles. The van der Waals surface area contributed by atoms with Crippen LogP contribution in [0, 0.1) is 0 Å².